The number of amides is 1. The number of carbonyl (C=O) groups excluding carboxylic acids is 1. The van der Waals surface area contributed by atoms with E-state index in [1.165, 1.54) is 0 Å². The Morgan fingerprint density at radius 2 is 1.90 bits per heavy atom. The zero-order valence-electron chi connectivity index (χ0n) is 13.0. The van der Waals surface area contributed by atoms with Gasteiger partial charge in [0, 0.05) is 25.3 Å². The second kappa shape index (κ2) is 7.90. The summed E-state index contributed by atoms with van der Waals surface area (Å²) in [6, 6.07) is 7.97. The van der Waals surface area contributed by atoms with Crippen LogP contribution in [-0.2, 0) is 11.3 Å². The predicted octanol–water partition coefficient (Wildman–Crippen LogP) is 2.27. The van der Waals surface area contributed by atoms with Gasteiger partial charge in [-0.1, -0.05) is 32.0 Å². The lowest BCUT2D eigenvalue weighted by atomic mass is 10.1. The molecule has 1 aromatic rings. The molecule has 112 valence electrons. The first-order valence-corrected chi connectivity index (χ1v) is 7.36. The Labute approximate surface area is 122 Å². The summed E-state index contributed by atoms with van der Waals surface area (Å²) >= 11 is 0. The van der Waals surface area contributed by atoms with Crippen molar-refractivity contribution < 1.29 is 4.79 Å². The minimum atomic E-state index is -0.219. The first-order valence-electron chi connectivity index (χ1n) is 7.36. The molecule has 0 aliphatic heterocycles. The molecule has 0 aliphatic carbocycles. The summed E-state index contributed by atoms with van der Waals surface area (Å²) in [5, 5.41) is 3.09. The second-order valence-corrected chi connectivity index (χ2v) is 5.14. The molecule has 0 bridgehead atoms. The third-order valence-electron chi connectivity index (χ3n) is 3.88. The summed E-state index contributed by atoms with van der Waals surface area (Å²) in [6.45, 7) is 6.57. The van der Waals surface area contributed by atoms with E-state index < -0.39 is 0 Å². The van der Waals surface area contributed by atoms with Crippen LogP contribution in [0.1, 0.15) is 39.2 Å². The molecular formula is C16H27N3O. The predicted molar refractivity (Wildman–Crippen MR) is 84.7 cm³/mol. The number of likely N-dealkylation sites (N-methyl/N-ethyl adjacent to an activating group) is 1. The molecular weight excluding hydrogens is 250 g/mol. The van der Waals surface area contributed by atoms with Crippen LogP contribution in [0.4, 0.5) is 5.69 Å². The molecule has 3 N–H and O–H groups in total. The van der Waals surface area contributed by atoms with Gasteiger partial charge in [0.2, 0.25) is 5.91 Å². The number of para-hydroxylation sites is 1. The van der Waals surface area contributed by atoms with Crippen molar-refractivity contribution in [3.05, 3.63) is 29.8 Å². The second-order valence-electron chi connectivity index (χ2n) is 5.14. The van der Waals surface area contributed by atoms with Crippen LogP contribution < -0.4 is 16.0 Å². The molecule has 1 atom stereocenters. The fourth-order valence-electron chi connectivity index (χ4n) is 2.23. The summed E-state index contributed by atoms with van der Waals surface area (Å²) in [4.78, 5) is 14.3. The summed E-state index contributed by atoms with van der Waals surface area (Å²) in [6.07, 6.45) is 1.91. The number of carbonyl (C=O) groups is 1. The number of nitrogens with zero attached hydrogens (tertiary/aromatic N) is 1. The van der Waals surface area contributed by atoms with Crippen LogP contribution >= 0.6 is 0 Å². The molecule has 20 heavy (non-hydrogen) atoms. The molecule has 0 aromatic heterocycles. The van der Waals surface area contributed by atoms with Crippen molar-refractivity contribution in [1.82, 2.24) is 5.32 Å². The fourth-order valence-corrected chi connectivity index (χ4v) is 2.23. The molecule has 1 rings (SSSR count). The molecule has 0 saturated carbocycles. The smallest absolute Gasteiger partial charge is 0.242 e. The van der Waals surface area contributed by atoms with E-state index in [1.54, 1.807) is 0 Å². The van der Waals surface area contributed by atoms with Gasteiger partial charge in [0.1, 0.15) is 6.04 Å². The lowest BCUT2D eigenvalue weighted by molar-refractivity contribution is -0.122. The van der Waals surface area contributed by atoms with E-state index in [9.17, 15) is 4.79 Å². The van der Waals surface area contributed by atoms with Gasteiger partial charge in [-0.2, -0.15) is 0 Å². The highest BCUT2D eigenvalue weighted by Gasteiger charge is 2.21. The van der Waals surface area contributed by atoms with Crippen LogP contribution in [0.25, 0.3) is 0 Å². The van der Waals surface area contributed by atoms with Crippen LogP contribution in [0, 0.1) is 0 Å². The Hall–Kier alpha value is -1.55. The van der Waals surface area contributed by atoms with E-state index >= 15 is 0 Å². The molecule has 0 fully saturated rings. The third-order valence-corrected chi connectivity index (χ3v) is 3.88. The van der Waals surface area contributed by atoms with Gasteiger partial charge in [-0.15, -0.1) is 0 Å². The zero-order valence-corrected chi connectivity index (χ0v) is 13.0. The van der Waals surface area contributed by atoms with E-state index in [1.807, 2.05) is 43.1 Å². The van der Waals surface area contributed by atoms with E-state index in [2.05, 4.69) is 19.2 Å². The Balaban J connectivity index is 2.80. The fraction of sp³-hybridized carbons (Fsp3) is 0.562. The standard InChI is InChI=1S/C16H27N3O/c1-5-14(6-2)18-16(20)12(3)19(4)15-10-8-7-9-13(15)11-17/h7-10,12,14H,5-6,11,17H2,1-4H3,(H,18,20). The summed E-state index contributed by atoms with van der Waals surface area (Å²) in [7, 11) is 1.94. The molecule has 4 nitrogen and oxygen atoms in total. The zero-order chi connectivity index (χ0) is 15.1. The highest BCUT2D eigenvalue weighted by molar-refractivity contribution is 5.85. The quantitative estimate of drug-likeness (QED) is 0.804. The van der Waals surface area contributed by atoms with Crippen molar-refractivity contribution in [2.24, 2.45) is 5.73 Å². The van der Waals surface area contributed by atoms with E-state index in [4.69, 9.17) is 5.73 Å². The number of hydrogen-bond donors (Lipinski definition) is 2. The van der Waals surface area contributed by atoms with Crippen LogP contribution in [0.15, 0.2) is 24.3 Å². The molecule has 0 saturated heterocycles. The van der Waals surface area contributed by atoms with Crippen LogP contribution in [0.5, 0.6) is 0 Å². The summed E-state index contributed by atoms with van der Waals surface area (Å²) < 4.78 is 0. The largest absolute Gasteiger partial charge is 0.363 e. The number of nitrogens with one attached hydrogen (secondary N) is 1. The van der Waals surface area contributed by atoms with Gasteiger partial charge in [-0.05, 0) is 31.4 Å². The van der Waals surface area contributed by atoms with Gasteiger partial charge in [-0.25, -0.2) is 0 Å². The van der Waals surface area contributed by atoms with Crippen LogP contribution in [0.2, 0.25) is 0 Å². The highest BCUT2D eigenvalue weighted by atomic mass is 16.2. The van der Waals surface area contributed by atoms with Gasteiger partial charge < -0.3 is 16.0 Å². The van der Waals surface area contributed by atoms with Gasteiger partial charge in [0.25, 0.3) is 0 Å². The maximum atomic E-state index is 12.3. The molecule has 0 aliphatic rings. The number of hydrogen-bond acceptors (Lipinski definition) is 3. The molecule has 0 spiro atoms. The van der Waals surface area contributed by atoms with Crippen molar-refractivity contribution in [2.75, 3.05) is 11.9 Å². The topological polar surface area (TPSA) is 58.4 Å². The van der Waals surface area contributed by atoms with Gasteiger partial charge in [0.15, 0.2) is 0 Å². The van der Waals surface area contributed by atoms with Crippen LogP contribution in [0.3, 0.4) is 0 Å². The van der Waals surface area contributed by atoms with E-state index in [0.29, 0.717) is 6.54 Å². The van der Waals surface area contributed by atoms with Crippen molar-refractivity contribution in [3.63, 3.8) is 0 Å². The van der Waals surface area contributed by atoms with Gasteiger partial charge in [-0.3, -0.25) is 4.79 Å². The normalized spacial score (nSPS) is 12.3. The van der Waals surface area contributed by atoms with Crippen LogP contribution in [-0.4, -0.2) is 25.0 Å². The first-order chi connectivity index (χ1) is 9.54. The SMILES string of the molecule is CCC(CC)NC(=O)C(C)N(C)c1ccccc1CN. The van der Waals surface area contributed by atoms with E-state index in [0.717, 1.165) is 24.1 Å². The molecule has 4 heteroatoms. The van der Waals surface area contributed by atoms with Gasteiger partial charge in [0.05, 0.1) is 0 Å². The lowest BCUT2D eigenvalue weighted by Crippen LogP contribution is -2.47. The number of anilines is 1. The molecule has 0 heterocycles. The van der Waals surface area contributed by atoms with Crippen molar-refractivity contribution in [1.29, 1.82) is 0 Å². The Kier molecular flexibility index (Phi) is 6.52. The summed E-state index contributed by atoms with van der Waals surface area (Å²) in [5.74, 6) is 0.0630. The van der Waals surface area contributed by atoms with Crippen molar-refractivity contribution in [2.45, 2.75) is 52.2 Å². The average molecular weight is 277 g/mol. The number of nitrogens with two attached hydrogens (primary N) is 1. The summed E-state index contributed by atoms with van der Waals surface area (Å²) in [5.41, 5.74) is 7.83. The maximum absolute atomic E-state index is 12.3. The minimum Gasteiger partial charge on any atom is -0.363 e. The van der Waals surface area contributed by atoms with Crippen molar-refractivity contribution >= 4 is 11.6 Å². The maximum Gasteiger partial charge on any atom is 0.242 e. The molecule has 1 unspecified atom stereocenters. The highest BCUT2D eigenvalue weighted by Crippen LogP contribution is 2.20. The third kappa shape index (κ3) is 3.97. The molecule has 0 radical (unpaired) electrons. The van der Waals surface area contributed by atoms with Gasteiger partial charge >= 0.3 is 0 Å². The monoisotopic (exact) mass is 277 g/mol. The molecule has 1 amide bonds. The Morgan fingerprint density at radius 1 is 1.30 bits per heavy atom. The molecule has 1 aromatic carbocycles. The van der Waals surface area contributed by atoms with Crippen molar-refractivity contribution in [3.8, 4) is 0 Å². The first kappa shape index (κ1) is 16.5. The Bertz CT molecular complexity index is 429. The number of rotatable bonds is 7. The minimum absolute atomic E-state index is 0.0630. The number of benzene rings is 1. The average Bonchev–Trinajstić information content (AvgIpc) is 2.50. The Morgan fingerprint density at radius 3 is 2.45 bits per heavy atom. The lowest BCUT2D eigenvalue weighted by Gasteiger charge is -2.29. The van der Waals surface area contributed by atoms with E-state index in [-0.39, 0.29) is 18.0 Å².